The second-order valence-corrected chi connectivity index (χ2v) is 19.5. The van der Waals surface area contributed by atoms with Crippen molar-refractivity contribution in [2.45, 2.75) is 86.7 Å². The Bertz CT molecular complexity index is 2200. The zero-order valence-electron chi connectivity index (χ0n) is 34.7. The van der Waals surface area contributed by atoms with E-state index in [1.165, 1.54) is 0 Å². The molecule has 0 fully saturated rings. The zero-order valence-corrected chi connectivity index (χ0v) is 33.1. The first-order valence-corrected chi connectivity index (χ1v) is 19.7. The van der Waals surface area contributed by atoms with Crippen LogP contribution in [0.15, 0.2) is 83.5 Å². The largest absolute Gasteiger partial charge is 0.486 e. The number of aromatic nitrogens is 3. The first kappa shape index (κ1) is 30.6. The molecular weight excluding hydrogens is 783 g/mol. The predicted molar refractivity (Wildman–Crippen MR) is 201 cm³/mol. The fourth-order valence-corrected chi connectivity index (χ4v) is 6.76. The van der Waals surface area contributed by atoms with Gasteiger partial charge in [0.05, 0.1) is 13.7 Å². The summed E-state index contributed by atoms with van der Waals surface area (Å²) in [5, 5.41) is 2.87. The third kappa shape index (κ3) is 9.16. The summed E-state index contributed by atoms with van der Waals surface area (Å²) in [6.45, 7) is 19.8. The Balaban J connectivity index is 0.000000244. The summed E-state index contributed by atoms with van der Waals surface area (Å²) in [6.07, 6.45) is 0.630. The molecule has 0 atom stereocenters. The maximum atomic E-state index is 8.59. The van der Waals surface area contributed by atoms with E-state index in [2.05, 4.69) is 46.7 Å². The van der Waals surface area contributed by atoms with E-state index in [0.717, 1.165) is 32.8 Å². The van der Waals surface area contributed by atoms with E-state index in [0.29, 0.717) is 33.8 Å². The summed E-state index contributed by atoms with van der Waals surface area (Å²) >= 11 is 0. The Morgan fingerprint density at radius 2 is 1.67 bits per heavy atom. The second-order valence-electron chi connectivity index (χ2n) is 14.5. The first-order chi connectivity index (χ1) is 24.0. The monoisotopic (exact) mass is 837 g/mol. The Labute approximate surface area is 309 Å². The minimum Gasteiger partial charge on any atom is -0.486 e. The molecule has 6 aromatic rings. The molecule has 6 heteroatoms. The van der Waals surface area contributed by atoms with E-state index >= 15 is 0 Å². The van der Waals surface area contributed by atoms with Gasteiger partial charge in [-0.05, 0) is 64.7 Å². The Kier molecular flexibility index (Phi) is 9.82. The van der Waals surface area contributed by atoms with E-state index < -0.39 is 32.1 Å². The van der Waals surface area contributed by atoms with Gasteiger partial charge in [-0.15, -0.1) is 54.1 Å². The molecule has 0 saturated carbocycles. The summed E-state index contributed by atoms with van der Waals surface area (Å²) in [5.74, 6) is -0.908. The predicted octanol–water partition coefficient (Wildman–Crippen LogP) is 10.8. The van der Waals surface area contributed by atoms with Gasteiger partial charge >= 0.3 is 0 Å². The molecule has 0 aliphatic rings. The minimum absolute atomic E-state index is 0. The summed E-state index contributed by atoms with van der Waals surface area (Å²) < 4.78 is 48.6. The van der Waals surface area contributed by atoms with Gasteiger partial charge in [0.1, 0.15) is 0 Å². The standard InChI is InChI=1S/C24H25N2O.C18H24NSi.Ir/c1-15(2)20-10-9-18-17-7-6-8-19(22(17)27-23(18)26-20)21-13-16(11-12-25-21)14-24(3,4)5;1-14(2)11-16-12-17(15-9-7-6-8-10-15)19-13-18(16)20(3,4)5;/h6-7,9-13,15H,14H2,1-5H3;6-9,12-14H,11H2,1-5H3;/q2*-1;/i14D2,15D;11D2;. The van der Waals surface area contributed by atoms with Crippen LogP contribution in [-0.4, -0.2) is 23.0 Å². The van der Waals surface area contributed by atoms with E-state index in [1.54, 1.807) is 32.2 Å². The Hall–Kier alpha value is -3.44. The molecule has 0 N–H and O–H groups in total. The molecule has 0 aliphatic heterocycles. The van der Waals surface area contributed by atoms with Crippen LogP contribution in [-0.2, 0) is 32.9 Å². The average molecular weight is 837 g/mol. The molecule has 4 nitrogen and oxygen atoms in total. The number of furan rings is 1. The fourth-order valence-electron chi connectivity index (χ4n) is 5.35. The van der Waals surface area contributed by atoms with Crippen LogP contribution < -0.4 is 5.19 Å². The van der Waals surface area contributed by atoms with Crippen molar-refractivity contribution in [3.05, 3.63) is 108 Å². The average Bonchev–Trinajstić information content (AvgIpc) is 3.46. The summed E-state index contributed by atoms with van der Waals surface area (Å²) in [4.78, 5) is 13.6. The molecule has 0 bridgehead atoms. The van der Waals surface area contributed by atoms with E-state index in [4.69, 9.17) is 11.3 Å². The van der Waals surface area contributed by atoms with Crippen molar-refractivity contribution in [2.24, 2.45) is 11.3 Å². The molecule has 0 spiro atoms. The van der Waals surface area contributed by atoms with Crippen LogP contribution in [0.1, 0.15) is 78.0 Å². The van der Waals surface area contributed by atoms with Crippen LogP contribution in [0.3, 0.4) is 0 Å². The van der Waals surface area contributed by atoms with Crippen molar-refractivity contribution in [2.75, 3.05) is 0 Å². The van der Waals surface area contributed by atoms with Gasteiger partial charge in [0.15, 0.2) is 0 Å². The molecule has 4 aromatic heterocycles. The van der Waals surface area contributed by atoms with E-state index in [1.807, 2.05) is 95.4 Å². The van der Waals surface area contributed by atoms with Crippen LogP contribution in [0.4, 0.5) is 0 Å². The summed E-state index contributed by atoms with van der Waals surface area (Å²) in [5.41, 5.74) is 5.50. The number of benzene rings is 2. The van der Waals surface area contributed by atoms with Crippen molar-refractivity contribution in [3.8, 4) is 22.5 Å². The van der Waals surface area contributed by atoms with Gasteiger partial charge in [0.25, 0.3) is 0 Å². The number of rotatable bonds is 7. The normalized spacial score (nSPS) is 14.3. The van der Waals surface area contributed by atoms with Gasteiger partial charge in [-0.25, -0.2) is 4.98 Å². The van der Waals surface area contributed by atoms with E-state index in [9.17, 15) is 0 Å². The molecule has 0 amide bonds. The third-order valence-electron chi connectivity index (χ3n) is 7.49. The number of hydrogen-bond donors (Lipinski definition) is 0. The molecule has 0 unspecified atom stereocenters. The zero-order chi connectivity index (χ0) is 38.4. The molecule has 253 valence electrons. The van der Waals surface area contributed by atoms with Crippen LogP contribution in [0.5, 0.6) is 0 Å². The number of nitrogens with zero attached hydrogens (tertiary/aromatic N) is 3. The van der Waals surface area contributed by atoms with Gasteiger partial charge in [-0.1, -0.05) is 102 Å². The smallest absolute Gasteiger partial charge is 0.216 e. The van der Waals surface area contributed by atoms with Crippen molar-refractivity contribution in [3.63, 3.8) is 0 Å². The maximum absolute atomic E-state index is 8.59. The summed E-state index contributed by atoms with van der Waals surface area (Å²) in [6, 6.07) is 27.1. The molecule has 6 rings (SSSR count). The molecular formula is C42H49IrN3OSi-2. The number of pyridine rings is 3. The van der Waals surface area contributed by atoms with Crippen LogP contribution in [0.2, 0.25) is 19.6 Å². The van der Waals surface area contributed by atoms with Gasteiger partial charge in [-0.3, -0.25) is 0 Å². The summed E-state index contributed by atoms with van der Waals surface area (Å²) in [7, 11) is -1.67. The van der Waals surface area contributed by atoms with Crippen LogP contribution >= 0.6 is 0 Å². The van der Waals surface area contributed by atoms with E-state index in [-0.39, 0.29) is 26.0 Å². The topological polar surface area (TPSA) is 51.8 Å². The fraction of sp³-hybridized carbons (Fsp3) is 0.357. The van der Waals surface area contributed by atoms with Crippen molar-refractivity contribution < 1.29 is 31.4 Å². The van der Waals surface area contributed by atoms with Crippen molar-refractivity contribution in [1.29, 1.82) is 0 Å². The van der Waals surface area contributed by atoms with Gasteiger partial charge in [0, 0.05) is 50.4 Å². The molecule has 0 aliphatic carbocycles. The maximum Gasteiger partial charge on any atom is 0.216 e. The quantitative estimate of drug-likeness (QED) is 0.119. The second kappa shape index (κ2) is 15.4. The molecule has 0 saturated heterocycles. The number of fused-ring (bicyclic) bond motifs is 3. The van der Waals surface area contributed by atoms with Gasteiger partial charge in [0.2, 0.25) is 5.71 Å². The van der Waals surface area contributed by atoms with Gasteiger partial charge < -0.3 is 14.4 Å². The first-order valence-electron chi connectivity index (χ1n) is 18.7. The van der Waals surface area contributed by atoms with Crippen LogP contribution in [0.25, 0.3) is 44.6 Å². The van der Waals surface area contributed by atoms with Crippen molar-refractivity contribution in [1.82, 2.24) is 15.0 Å². The minimum atomic E-state index is -1.67. The molecule has 1 radical (unpaired) electrons. The molecule has 4 heterocycles. The third-order valence-corrected chi connectivity index (χ3v) is 9.50. The van der Waals surface area contributed by atoms with Gasteiger partial charge in [-0.2, -0.15) is 0 Å². The molecule has 2 aromatic carbocycles. The molecule has 48 heavy (non-hydrogen) atoms. The number of hydrogen-bond acceptors (Lipinski definition) is 4. The van der Waals surface area contributed by atoms with Crippen molar-refractivity contribution >= 4 is 35.3 Å². The Morgan fingerprint density at radius 3 is 2.31 bits per heavy atom. The van der Waals surface area contributed by atoms with Crippen LogP contribution in [0, 0.1) is 23.5 Å². The SMILES string of the molecule is [2H]C(C)(C)c1ccc2c(n1)oc1c(-c3cc(C([2H])([2H])C(C)(C)C)ccn3)[c-]ccc12.[2H]C([2H])(c1cc(-c2[c-]cccc2)ncc1[Si](C)(C)C)C(C)C.[Ir]. The Morgan fingerprint density at radius 1 is 0.896 bits per heavy atom.